The predicted molar refractivity (Wildman–Crippen MR) is 118 cm³/mol. The van der Waals surface area contributed by atoms with E-state index in [0.29, 0.717) is 28.8 Å². The van der Waals surface area contributed by atoms with E-state index >= 15 is 0 Å². The van der Waals surface area contributed by atoms with Crippen LogP contribution in [0, 0.1) is 12.8 Å². The molecule has 3 unspecified atom stereocenters. The molecule has 3 atom stereocenters. The van der Waals surface area contributed by atoms with Gasteiger partial charge in [0.2, 0.25) is 5.91 Å². The molecule has 158 valence electrons. The van der Waals surface area contributed by atoms with Gasteiger partial charge in [-0.1, -0.05) is 6.92 Å². The molecule has 1 N–H and O–H groups in total. The Labute approximate surface area is 178 Å². The molecule has 2 amide bonds. The Balaban J connectivity index is 1.37. The highest BCUT2D eigenvalue weighted by atomic mass is 16.3. The lowest BCUT2D eigenvalue weighted by Gasteiger charge is -2.33. The fraction of sp³-hybridized carbons (Fsp3) is 0.440. The van der Waals surface area contributed by atoms with Crippen molar-refractivity contribution in [2.45, 2.75) is 58.4 Å². The van der Waals surface area contributed by atoms with E-state index in [4.69, 9.17) is 4.42 Å². The number of furan rings is 1. The number of likely N-dealkylation sites (tertiary alicyclic amines) is 1. The Hall–Kier alpha value is -2.82. The first-order valence-electron chi connectivity index (χ1n) is 10.9. The lowest BCUT2D eigenvalue weighted by Crippen LogP contribution is -2.42. The van der Waals surface area contributed by atoms with Crippen LogP contribution in [0.25, 0.3) is 6.08 Å². The summed E-state index contributed by atoms with van der Waals surface area (Å²) in [5, 5.41) is 2.89. The fourth-order valence-corrected chi connectivity index (χ4v) is 4.21. The molecule has 1 saturated heterocycles. The van der Waals surface area contributed by atoms with Crippen LogP contribution < -0.4 is 5.32 Å². The molecule has 1 aliphatic heterocycles. The topological polar surface area (TPSA) is 62.6 Å². The predicted octanol–water partition coefficient (Wildman–Crippen LogP) is 5.38. The van der Waals surface area contributed by atoms with Gasteiger partial charge in [0.05, 0.1) is 0 Å². The van der Waals surface area contributed by atoms with Crippen LogP contribution in [0.2, 0.25) is 0 Å². The summed E-state index contributed by atoms with van der Waals surface area (Å²) in [6.45, 7) is 7.05. The number of hydrogen-bond donors (Lipinski definition) is 1. The van der Waals surface area contributed by atoms with Crippen LogP contribution in [0.4, 0.5) is 5.69 Å². The molecule has 5 nitrogen and oxygen atoms in total. The molecule has 1 aromatic heterocycles. The SMILES string of the molecule is Cc1cc(C(=O)N2CCCCC2C)ccc1NC(=O)/C=C/c1ccc(C2CC2C)o1. The summed E-state index contributed by atoms with van der Waals surface area (Å²) in [7, 11) is 0. The van der Waals surface area contributed by atoms with E-state index in [9.17, 15) is 9.59 Å². The highest BCUT2D eigenvalue weighted by Gasteiger charge is 2.36. The van der Waals surface area contributed by atoms with Crippen LogP contribution >= 0.6 is 0 Å². The number of amides is 2. The molecule has 2 heterocycles. The van der Waals surface area contributed by atoms with Gasteiger partial charge in [-0.25, -0.2) is 0 Å². The molecule has 0 radical (unpaired) electrons. The van der Waals surface area contributed by atoms with E-state index < -0.39 is 0 Å². The largest absolute Gasteiger partial charge is 0.461 e. The van der Waals surface area contributed by atoms with Crippen molar-refractivity contribution in [3.05, 3.63) is 59.1 Å². The van der Waals surface area contributed by atoms with Crippen LogP contribution in [0.15, 0.2) is 40.8 Å². The van der Waals surface area contributed by atoms with Crippen molar-refractivity contribution in [1.82, 2.24) is 4.90 Å². The van der Waals surface area contributed by atoms with Gasteiger partial charge in [-0.2, -0.15) is 0 Å². The number of aryl methyl sites for hydroxylation is 1. The maximum Gasteiger partial charge on any atom is 0.254 e. The van der Waals surface area contributed by atoms with Crippen molar-refractivity contribution in [2.24, 2.45) is 5.92 Å². The van der Waals surface area contributed by atoms with Crippen molar-refractivity contribution in [3.8, 4) is 0 Å². The number of hydrogen-bond acceptors (Lipinski definition) is 3. The zero-order chi connectivity index (χ0) is 21.3. The molecule has 4 rings (SSSR count). The zero-order valence-corrected chi connectivity index (χ0v) is 18.0. The maximum atomic E-state index is 12.8. The van der Waals surface area contributed by atoms with Crippen LogP contribution in [0.5, 0.6) is 0 Å². The second-order valence-electron chi connectivity index (χ2n) is 8.76. The molecule has 5 heteroatoms. The Bertz CT molecular complexity index is 975. The summed E-state index contributed by atoms with van der Waals surface area (Å²) in [5.41, 5.74) is 2.25. The van der Waals surface area contributed by atoms with E-state index in [0.717, 1.165) is 30.7 Å². The summed E-state index contributed by atoms with van der Waals surface area (Å²) in [6, 6.07) is 9.64. The Kier molecular flexibility index (Phi) is 5.80. The Morgan fingerprint density at radius 1 is 1.17 bits per heavy atom. The van der Waals surface area contributed by atoms with E-state index in [1.54, 1.807) is 12.1 Å². The highest BCUT2D eigenvalue weighted by Crippen LogP contribution is 2.47. The number of carbonyl (C=O) groups is 2. The van der Waals surface area contributed by atoms with Crippen molar-refractivity contribution in [2.75, 3.05) is 11.9 Å². The second kappa shape index (κ2) is 8.50. The molecule has 1 aliphatic carbocycles. The average molecular weight is 407 g/mol. The first kappa shape index (κ1) is 20.5. The van der Waals surface area contributed by atoms with Crippen molar-refractivity contribution < 1.29 is 14.0 Å². The summed E-state index contributed by atoms with van der Waals surface area (Å²) in [5.74, 6) is 2.75. The van der Waals surface area contributed by atoms with Crippen LogP contribution in [-0.4, -0.2) is 29.3 Å². The molecular weight excluding hydrogens is 376 g/mol. The number of nitrogens with zero attached hydrogens (tertiary/aromatic N) is 1. The third-order valence-electron chi connectivity index (χ3n) is 6.32. The fourth-order valence-electron chi connectivity index (χ4n) is 4.21. The number of nitrogens with one attached hydrogen (secondary N) is 1. The standard InChI is InChI=1S/C25H30N2O3/c1-16-15-21(16)23-11-8-20(30-23)9-12-24(28)26-22-10-7-19(14-17(22)2)25(29)27-13-5-4-6-18(27)3/h7-12,14,16,18,21H,4-6,13,15H2,1-3H3,(H,26,28)/b12-9+. The van der Waals surface area contributed by atoms with Crippen LogP contribution in [0.1, 0.15) is 72.9 Å². The second-order valence-corrected chi connectivity index (χ2v) is 8.76. The van der Waals surface area contributed by atoms with E-state index in [1.165, 1.54) is 18.9 Å². The van der Waals surface area contributed by atoms with Gasteiger partial charge in [-0.15, -0.1) is 0 Å². The summed E-state index contributed by atoms with van der Waals surface area (Å²) >= 11 is 0. The van der Waals surface area contributed by atoms with Crippen LogP contribution in [-0.2, 0) is 4.79 Å². The number of carbonyl (C=O) groups excluding carboxylic acids is 2. The molecule has 1 aromatic carbocycles. The number of benzene rings is 1. The molecule has 2 fully saturated rings. The first-order valence-corrected chi connectivity index (χ1v) is 10.9. The quantitative estimate of drug-likeness (QED) is 0.678. The van der Waals surface area contributed by atoms with Gasteiger partial charge in [0, 0.05) is 35.8 Å². The molecule has 30 heavy (non-hydrogen) atoms. The van der Waals surface area contributed by atoms with Gasteiger partial charge in [0.15, 0.2) is 0 Å². The van der Waals surface area contributed by atoms with Gasteiger partial charge >= 0.3 is 0 Å². The number of piperidine rings is 1. The third-order valence-corrected chi connectivity index (χ3v) is 6.32. The van der Waals surface area contributed by atoms with E-state index in [2.05, 4.69) is 19.2 Å². The summed E-state index contributed by atoms with van der Waals surface area (Å²) < 4.78 is 5.80. The molecule has 2 aliphatic rings. The minimum Gasteiger partial charge on any atom is -0.461 e. The Morgan fingerprint density at radius 2 is 1.97 bits per heavy atom. The van der Waals surface area contributed by atoms with Crippen molar-refractivity contribution >= 4 is 23.6 Å². The minimum absolute atomic E-state index is 0.0710. The maximum absolute atomic E-state index is 12.8. The molecule has 0 bridgehead atoms. The normalized spacial score (nSPS) is 23.6. The lowest BCUT2D eigenvalue weighted by molar-refractivity contribution is -0.111. The van der Waals surface area contributed by atoms with Gasteiger partial charge in [-0.3, -0.25) is 9.59 Å². The Morgan fingerprint density at radius 3 is 2.67 bits per heavy atom. The van der Waals surface area contributed by atoms with Crippen molar-refractivity contribution in [1.29, 1.82) is 0 Å². The van der Waals surface area contributed by atoms with Crippen molar-refractivity contribution in [3.63, 3.8) is 0 Å². The van der Waals surface area contributed by atoms with Gasteiger partial charge in [-0.05, 0) is 87.4 Å². The van der Waals surface area contributed by atoms with Gasteiger partial charge in [0.1, 0.15) is 11.5 Å². The van der Waals surface area contributed by atoms with Gasteiger partial charge < -0.3 is 14.6 Å². The number of rotatable bonds is 5. The number of anilines is 1. The molecule has 2 aromatic rings. The lowest BCUT2D eigenvalue weighted by atomic mass is 10.0. The van der Waals surface area contributed by atoms with E-state index in [-0.39, 0.29) is 17.9 Å². The molecule has 1 saturated carbocycles. The monoisotopic (exact) mass is 406 g/mol. The van der Waals surface area contributed by atoms with E-state index in [1.807, 2.05) is 36.1 Å². The van der Waals surface area contributed by atoms with Gasteiger partial charge in [0.25, 0.3) is 5.91 Å². The zero-order valence-electron chi connectivity index (χ0n) is 18.0. The molecule has 0 spiro atoms. The smallest absolute Gasteiger partial charge is 0.254 e. The summed E-state index contributed by atoms with van der Waals surface area (Å²) in [6.07, 6.45) is 7.64. The third kappa shape index (κ3) is 4.50. The highest BCUT2D eigenvalue weighted by molar-refractivity contribution is 6.02. The summed E-state index contributed by atoms with van der Waals surface area (Å²) in [4.78, 5) is 27.1. The minimum atomic E-state index is -0.223. The average Bonchev–Trinajstić information content (AvgIpc) is 3.27. The molecular formula is C25H30N2O3. The van der Waals surface area contributed by atoms with Crippen LogP contribution in [0.3, 0.4) is 0 Å². The first-order chi connectivity index (χ1) is 14.4.